The summed E-state index contributed by atoms with van der Waals surface area (Å²) in [6.07, 6.45) is -3.03. The lowest BCUT2D eigenvalue weighted by atomic mass is 10.1. The second kappa shape index (κ2) is 9.51. The van der Waals surface area contributed by atoms with Crippen molar-refractivity contribution in [2.24, 2.45) is 0 Å². The van der Waals surface area contributed by atoms with Crippen LogP contribution in [0.4, 0.5) is 28.5 Å². The number of halogens is 4. The van der Waals surface area contributed by atoms with Gasteiger partial charge in [-0.1, -0.05) is 6.07 Å². The van der Waals surface area contributed by atoms with E-state index < -0.39 is 38.8 Å². The van der Waals surface area contributed by atoms with Crippen LogP contribution in [0.5, 0.6) is 0 Å². The molecule has 0 atom stereocenters. The van der Waals surface area contributed by atoms with Gasteiger partial charge in [-0.05, 0) is 37.1 Å². The van der Waals surface area contributed by atoms with Crippen LogP contribution in [0.15, 0.2) is 41.9 Å². The number of carbonyl (C=O) groups is 1. The maximum Gasteiger partial charge on any atom is 0.419 e. The third-order valence-electron chi connectivity index (χ3n) is 5.50. The van der Waals surface area contributed by atoms with Crippen LogP contribution in [-0.2, 0) is 16.3 Å². The molecule has 0 bridgehead atoms. The van der Waals surface area contributed by atoms with Crippen molar-refractivity contribution in [3.05, 3.63) is 58.9 Å². The molecule has 14 heteroatoms. The van der Waals surface area contributed by atoms with Crippen LogP contribution in [0.25, 0.3) is 11.3 Å². The lowest BCUT2D eigenvalue weighted by Crippen LogP contribution is -2.39. The van der Waals surface area contributed by atoms with Gasteiger partial charge in [-0.3, -0.25) is 14.7 Å². The van der Waals surface area contributed by atoms with Gasteiger partial charge in [0.25, 0.3) is 16.0 Å². The van der Waals surface area contributed by atoms with Gasteiger partial charge in [0.15, 0.2) is 5.13 Å². The Labute approximate surface area is 201 Å². The quantitative estimate of drug-likeness (QED) is 0.370. The fourth-order valence-corrected chi connectivity index (χ4v) is 5.18. The molecule has 3 aromatic rings. The smallest absolute Gasteiger partial charge is 0.357 e. The van der Waals surface area contributed by atoms with Gasteiger partial charge in [0, 0.05) is 30.2 Å². The van der Waals surface area contributed by atoms with Crippen LogP contribution < -0.4 is 10.2 Å². The van der Waals surface area contributed by atoms with Gasteiger partial charge in [-0.2, -0.15) is 21.6 Å². The van der Waals surface area contributed by atoms with E-state index in [0.29, 0.717) is 25.0 Å². The van der Waals surface area contributed by atoms with Crippen LogP contribution in [0, 0.1) is 5.82 Å². The van der Waals surface area contributed by atoms with Crippen molar-refractivity contribution in [3.63, 3.8) is 0 Å². The summed E-state index contributed by atoms with van der Waals surface area (Å²) >= 11 is 0.928. The predicted octanol–water partition coefficient (Wildman–Crippen LogP) is 4.47. The molecular weight excluding hydrogens is 512 g/mol. The van der Waals surface area contributed by atoms with Gasteiger partial charge in [-0.15, -0.1) is 11.3 Å². The summed E-state index contributed by atoms with van der Waals surface area (Å²) in [4.78, 5) is 22.6. The Morgan fingerprint density at radius 2 is 1.89 bits per heavy atom. The van der Waals surface area contributed by atoms with Crippen molar-refractivity contribution in [2.45, 2.75) is 24.3 Å². The van der Waals surface area contributed by atoms with E-state index in [1.165, 1.54) is 23.7 Å². The number of hydrogen-bond donors (Lipinski definition) is 2. The molecule has 1 saturated heterocycles. The number of hydrogen-bond acceptors (Lipinski definition) is 7. The summed E-state index contributed by atoms with van der Waals surface area (Å²) in [5.74, 6) is -1.48. The summed E-state index contributed by atoms with van der Waals surface area (Å²) in [5.41, 5.74) is -1.60. The van der Waals surface area contributed by atoms with Gasteiger partial charge in [0.2, 0.25) is 0 Å². The van der Waals surface area contributed by atoms with E-state index in [1.807, 2.05) is 4.90 Å². The molecule has 1 aliphatic heterocycles. The Balaban J connectivity index is 1.42. The summed E-state index contributed by atoms with van der Waals surface area (Å²) in [5, 5.41) is 3.11. The highest BCUT2D eigenvalue weighted by Gasteiger charge is 2.35. The summed E-state index contributed by atoms with van der Waals surface area (Å²) in [6.45, 7) is 0.744. The van der Waals surface area contributed by atoms with Gasteiger partial charge in [0.1, 0.15) is 11.6 Å². The third-order valence-corrected chi connectivity index (χ3v) is 7.57. The summed E-state index contributed by atoms with van der Waals surface area (Å²) < 4.78 is 84.9. The third kappa shape index (κ3) is 5.60. The topological polar surface area (TPSA) is 112 Å². The van der Waals surface area contributed by atoms with Crippen LogP contribution in [0.3, 0.4) is 0 Å². The van der Waals surface area contributed by atoms with Gasteiger partial charge >= 0.3 is 6.18 Å². The molecule has 2 N–H and O–H groups in total. The molecule has 1 aliphatic rings. The first-order chi connectivity index (χ1) is 16.4. The molecule has 1 aromatic carbocycles. The molecule has 0 spiro atoms. The fourth-order valence-electron chi connectivity index (χ4n) is 3.66. The van der Waals surface area contributed by atoms with E-state index in [4.69, 9.17) is 4.55 Å². The van der Waals surface area contributed by atoms with E-state index in [2.05, 4.69) is 15.3 Å². The van der Waals surface area contributed by atoms with Crippen LogP contribution in [-0.4, -0.2) is 47.2 Å². The second-order valence-electron chi connectivity index (χ2n) is 7.76. The average molecular weight is 531 g/mol. The minimum Gasteiger partial charge on any atom is -0.357 e. The summed E-state index contributed by atoms with van der Waals surface area (Å²) in [6, 6.07) is 5.99. The van der Waals surface area contributed by atoms with Crippen LogP contribution in [0.2, 0.25) is 0 Å². The van der Waals surface area contributed by atoms with E-state index in [0.717, 1.165) is 17.4 Å². The molecule has 35 heavy (non-hydrogen) atoms. The molecule has 8 nitrogen and oxygen atoms in total. The zero-order valence-electron chi connectivity index (χ0n) is 17.8. The lowest BCUT2D eigenvalue weighted by molar-refractivity contribution is -0.139. The van der Waals surface area contributed by atoms with Gasteiger partial charge in [-0.25, -0.2) is 14.4 Å². The molecule has 186 valence electrons. The molecule has 0 aliphatic carbocycles. The van der Waals surface area contributed by atoms with Gasteiger partial charge < -0.3 is 4.90 Å². The first-order valence-corrected chi connectivity index (χ1v) is 12.6. The molecule has 0 radical (unpaired) electrons. The Morgan fingerprint density at radius 1 is 1.17 bits per heavy atom. The second-order valence-corrected chi connectivity index (χ2v) is 10.3. The number of pyridine rings is 1. The van der Waals surface area contributed by atoms with Crippen molar-refractivity contribution in [1.82, 2.24) is 9.97 Å². The minimum absolute atomic E-state index is 0.0457. The molecule has 1 amide bonds. The number of benzene rings is 1. The normalized spacial score (nSPS) is 15.3. The zero-order chi connectivity index (χ0) is 25.4. The van der Waals surface area contributed by atoms with E-state index in [9.17, 15) is 30.8 Å². The Hall–Kier alpha value is -3.10. The molecule has 0 unspecified atom stereocenters. The fraction of sp³-hybridized carbons (Fsp3) is 0.286. The van der Waals surface area contributed by atoms with Crippen LogP contribution >= 0.6 is 11.3 Å². The van der Waals surface area contributed by atoms with E-state index in [1.54, 1.807) is 6.07 Å². The number of aromatic nitrogens is 2. The first-order valence-electron chi connectivity index (χ1n) is 10.2. The number of thiazole rings is 1. The number of rotatable bonds is 5. The number of carbonyl (C=O) groups excluding carboxylic acids is 1. The Morgan fingerprint density at radius 3 is 2.49 bits per heavy atom. The largest absolute Gasteiger partial charge is 0.419 e. The molecule has 0 saturated carbocycles. The van der Waals surface area contributed by atoms with Crippen molar-refractivity contribution in [1.29, 1.82) is 0 Å². The highest BCUT2D eigenvalue weighted by molar-refractivity contribution is 7.86. The maximum atomic E-state index is 14.4. The number of anilines is 2. The van der Waals surface area contributed by atoms with Gasteiger partial charge in [0.05, 0.1) is 22.1 Å². The van der Waals surface area contributed by atoms with Crippen molar-refractivity contribution in [3.8, 4) is 11.3 Å². The van der Waals surface area contributed by atoms with Crippen LogP contribution in [0.1, 0.15) is 28.8 Å². The molecular formula is C21H18F4N4O4S2. The average Bonchev–Trinajstić information content (AvgIpc) is 3.26. The standard InChI is InChI=1S/C21H18F4N4O4S2/c22-18-14(2-1-3-15(18)21(23,24)25)16-11-34-20(27-16)28-19(30)12-4-5-17(26-10-12)29-8-6-13(7-9-29)35(31,32)33/h1-5,10-11,13H,6-9H2,(H,27,28,30)(H,31,32,33). The van der Waals surface area contributed by atoms with Crippen molar-refractivity contribution < 1.29 is 35.3 Å². The number of nitrogens with one attached hydrogen (secondary N) is 1. The molecule has 4 rings (SSSR count). The first kappa shape index (κ1) is 25.0. The Bertz CT molecular complexity index is 1340. The highest BCUT2D eigenvalue weighted by atomic mass is 32.2. The lowest BCUT2D eigenvalue weighted by Gasteiger charge is -2.31. The zero-order valence-corrected chi connectivity index (χ0v) is 19.4. The maximum absolute atomic E-state index is 14.4. The van der Waals surface area contributed by atoms with E-state index >= 15 is 0 Å². The summed E-state index contributed by atoms with van der Waals surface area (Å²) in [7, 11) is -4.08. The number of alkyl halides is 3. The number of nitrogens with zero attached hydrogens (tertiary/aromatic N) is 3. The molecule has 1 fully saturated rings. The highest BCUT2D eigenvalue weighted by Crippen LogP contribution is 2.36. The van der Waals surface area contributed by atoms with Crippen molar-refractivity contribution in [2.75, 3.05) is 23.3 Å². The number of amides is 1. The van der Waals surface area contributed by atoms with E-state index in [-0.39, 0.29) is 34.8 Å². The predicted molar refractivity (Wildman–Crippen MR) is 121 cm³/mol. The molecule has 3 heterocycles. The number of piperidine rings is 1. The monoisotopic (exact) mass is 530 g/mol. The minimum atomic E-state index is -4.85. The SMILES string of the molecule is O=C(Nc1nc(-c2cccc(C(F)(F)F)c2F)cs1)c1ccc(N2CCC(S(=O)(=O)O)CC2)nc1. The molecule has 2 aromatic heterocycles. The van der Waals surface area contributed by atoms with Crippen molar-refractivity contribution >= 4 is 38.3 Å². The Kier molecular flexibility index (Phi) is 6.79.